The van der Waals surface area contributed by atoms with Gasteiger partial charge in [0.25, 0.3) is 0 Å². The zero-order valence-corrected chi connectivity index (χ0v) is 10.5. The standard InChI is InChI=1S/C15H19NO/c1-11-7-6-10-14(12(11)2)16-15(17)13-8-4-3-5-9-13/h3-4,6-7,10,13H,5,8-9H2,1-2H3,(H,16,17)/t13-/m1/s1. The Balaban J connectivity index is 2.07. The van der Waals surface area contributed by atoms with Gasteiger partial charge in [-0.15, -0.1) is 0 Å². The minimum absolute atomic E-state index is 0.139. The molecule has 0 spiro atoms. The van der Waals surface area contributed by atoms with Gasteiger partial charge >= 0.3 is 0 Å². The second-order valence-electron chi connectivity index (χ2n) is 4.72. The van der Waals surface area contributed by atoms with Gasteiger partial charge in [-0.2, -0.15) is 0 Å². The van der Waals surface area contributed by atoms with Crippen LogP contribution in [0.5, 0.6) is 0 Å². The average molecular weight is 229 g/mol. The first-order valence-corrected chi connectivity index (χ1v) is 6.20. The zero-order chi connectivity index (χ0) is 12.3. The van der Waals surface area contributed by atoms with Crippen LogP contribution in [0.3, 0.4) is 0 Å². The Morgan fingerprint density at radius 1 is 1.29 bits per heavy atom. The van der Waals surface area contributed by atoms with Crippen molar-refractivity contribution in [1.29, 1.82) is 0 Å². The molecule has 0 aromatic heterocycles. The highest BCUT2D eigenvalue weighted by molar-refractivity contribution is 5.93. The van der Waals surface area contributed by atoms with E-state index in [1.54, 1.807) is 0 Å². The van der Waals surface area contributed by atoms with Crippen LogP contribution < -0.4 is 5.32 Å². The van der Waals surface area contributed by atoms with Gasteiger partial charge in [0.2, 0.25) is 5.91 Å². The molecule has 1 N–H and O–H groups in total. The van der Waals surface area contributed by atoms with E-state index in [4.69, 9.17) is 0 Å². The minimum Gasteiger partial charge on any atom is -0.326 e. The number of carbonyl (C=O) groups excluding carboxylic acids is 1. The summed E-state index contributed by atoms with van der Waals surface area (Å²) in [5.74, 6) is 0.294. The van der Waals surface area contributed by atoms with Crippen molar-refractivity contribution in [2.45, 2.75) is 33.1 Å². The summed E-state index contributed by atoms with van der Waals surface area (Å²) in [5.41, 5.74) is 3.32. The van der Waals surface area contributed by atoms with Crippen molar-refractivity contribution in [3.8, 4) is 0 Å². The zero-order valence-electron chi connectivity index (χ0n) is 10.5. The van der Waals surface area contributed by atoms with Crippen LogP contribution >= 0.6 is 0 Å². The number of carbonyl (C=O) groups is 1. The molecule has 2 rings (SSSR count). The molecule has 0 saturated carbocycles. The van der Waals surface area contributed by atoms with Crippen LogP contribution in [0, 0.1) is 19.8 Å². The molecule has 1 atom stereocenters. The second-order valence-corrected chi connectivity index (χ2v) is 4.72. The van der Waals surface area contributed by atoms with Gasteiger partial charge in [0.15, 0.2) is 0 Å². The third-order valence-corrected chi connectivity index (χ3v) is 3.50. The molecular formula is C15H19NO. The summed E-state index contributed by atoms with van der Waals surface area (Å²) in [6, 6.07) is 6.02. The lowest BCUT2D eigenvalue weighted by Crippen LogP contribution is -2.23. The van der Waals surface area contributed by atoms with Crippen LogP contribution in [0.2, 0.25) is 0 Å². The van der Waals surface area contributed by atoms with E-state index >= 15 is 0 Å². The van der Waals surface area contributed by atoms with E-state index in [0.29, 0.717) is 0 Å². The van der Waals surface area contributed by atoms with Crippen LogP contribution in [-0.2, 0) is 4.79 Å². The number of benzene rings is 1. The Kier molecular flexibility index (Phi) is 3.62. The van der Waals surface area contributed by atoms with E-state index in [1.165, 1.54) is 5.56 Å². The van der Waals surface area contributed by atoms with Crippen LogP contribution in [0.15, 0.2) is 30.4 Å². The highest BCUT2D eigenvalue weighted by Crippen LogP contribution is 2.22. The molecule has 0 fully saturated rings. The summed E-state index contributed by atoms with van der Waals surface area (Å²) in [7, 11) is 0. The molecule has 0 unspecified atom stereocenters. The van der Waals surface area contributed by atoms with Crippen molar-refractivity contribution in [1.82, 2.24) is 0 Å². The number of amides is 1. The van der Waals surface area contributed by atoms with Gasteiger partial charge < -0.3 is 5.32 Å². The molecule has 2 nitrogen and oxygen atoms in total. The monoisotopic (exact) mass is 229 g/mol. The van der Waals surface area contributed by atoms with Crippen molar-refractivity contribution in [2.75, 3.05) is 5.32 Å². The van der Waals surface area contributed by atoms with E-state index in [2.05, 4.69) is 30.5 Å². The van der Waals surface area contributed by atoms with E-state index in [0.717, 1.165) is 30.5 Å². The maximum absolute atomic E-state index is 12.1. The van der Waals surface area contributed by atoms with Crippen LogP contribution in [0.1, 0.15) is 30.4 Å². The van der Waals surface area contributed by atoms with Crippen molar-refractivity contribution in [2.24, 2.45) is 5.92 Å². The maximum atomic E-state index is 12.1. The number of hydrogen-bond acceptors (Lipinski definition) is 1. The van der Waals surface area contributed by atoms with E-state index in [9.17, 15) is 4.79 Å². The number of aryl methyl sites for hydroxylation is 1. The van der Waals surface area contributed by atoms with Crippen LogP contribution in [-0.4, -0.2) is 5.91 Å². The normalized spacial score (nSPS) is 19.1. The Labute approximate surface area is 103 Å². The van der Waals surface area contributed by atoms with Crippen molar-refractivity contribution in [3.63, 3.8) is 0 Å². The second kappa shape index (κ2) is 5.17. The van der Waals surface area contributed by atoms with Gasteiger partial charge in [-0.05, 0) is 50.3 Å². The molecule has 0 radical (unpaired) electrons. The maximum Gasteiger partial charge on any atom is 0.227 e. The lowest BCUT2D eigenvalue weighted by Gasteiger charge is -2.18. The summed E-state index contributed by atoms with van der Waals surface area (Å²) < 4.78 is 0. The predicted molar refractivity (Wildman–Crippen MR) is 71.0 cm³/mol. The number of hydrogen-bond donors (Lipinski definition) is 1. The number of anilines is 1. The molecule has 0 aliphatic heterocycles. The third-order valence-electron chi connectivity index (χ3n) is 3.50. The summed E-state index contributed by atoms with van der Waals surface area (Å²) in [6.07, 6.45) is 7.12. The van der Waals surface area contributed by atoms with Crippen molar-refractivity contribution >= 4 is 11.6 Å². The topological polar surface area (TPSA) is 29.1 Å². The van der Waals surface area contributed by atoms with Gasteiger partial charge in [-0.25, -0.2) is 0 Å². The van der Waals surface area contributed by atoms with Gasteiger partial charge in [0.05, 0.1) is 0 Å². The minimum atomic E-state index is 0.139. The summed E-state index contributed by atoms with van der Waals surface area (Å²) in [6.45, 7) is 4.11. The number of rotatable bonds is 2. The van der Waals surface area contributed by atoms with Crippen molar-refractivity contribution in [3.05, 3.63) is 41.5 Å². The molecule has 0 bridgehead atoms. The fourth-order valence-electron chi connectivity index (χ4n) is 2.15. The Bertz CT molecular complexity index is 448. The largest absolute Gasteiger partial charge is 0.326 e. The molecule has 1 aliphatic rings. The first-order chi connectivity index (χ1) is 8.18. The summed E-state index contributed by atoms with van der Waals surface area (Å²) in [5, 5.41) is 3.05. The van der Waals surface area contributed by atoms with Crippen molar-refractivity contribution < 1.29 is 4.79 Å². The van der Waals surface area contributed by atoms with Crippen LogP contribution in [0.4, 0.5) is 5.69 Å². The smallest absolute Gasteiger partial charge is 0.227 e. The molecule has 0 heterocycles. The summed E-state index contributed by atoms with van der Waals surface area (Å²) >= 11 is 0. The Hall–Kier alpha value is -1.57. The third kappa shape index (κ3) is 2.76. The molecule has 1 aromatic carbocycles. The fourth-order valence-corrected chi connectivity index (χ4v) is 2.15. The van der Waals surface area contributed by atoms with Gasteiger partial charge in [-0.1, -0.05) is 24.3 Å². The molecule has 2 heteroatoms. The molecule has 1 aromatic rings. The predicted octanol–water partition coefficient (Wildman–Crippen LogP) is 3.60. The van der Waals surface area contributed by atoms with E-state index in [1.807, 2.05) is 19.1 Å². The lowest BCUT2D eigenvalue weighted by atomic mass is 9.93. The number of nitrogens with one attached hydrogen (secondary N) is 1. The molecule has 1 amide bonds. The molecule has 0 saturated heterocycles. The quantitative estimate of drug-likeness (QED) is 0.771. The Morgan fingerprint density at radius 2 is 2.12 bits per heavy atom. The molecule has 17 heavy (non-hydrogen) atoms. The van der Waals surface area contributed by atoms with E-state index in [-0.39, 0.29) is 11.8 Å². The van der Waals surface area contributed by atoms with E-state index < -0.39 is 0 Å². The fraction of sp³-hybridized carbons (Fsp3) is 0.400. The highest BCUT2D eigenvalue weighted by Gasteiger charge is 2.19. The first kappa shape index (κ1) is 11.9. The molecule has 90 valence electrons. The van der Waals surface area contributed by atoms with Gasteiger partial charge in [0.1, 0.15) is 0 Å². The average Bonchev–Trinajstić information content (AvgIpc) is 2.36. The molecular weight excluding hydrogens is 210 g/mol. The lowest BCUT2D eigenvalue weighted by molar-refractivity contribution is -0.120. The van der Waals surface area contributed by atoms with Gasteiger partial charge in [-0.3, -0.25) is 4.79 Å². The summed E-state index contributed by atoms with van der Waals surface area (Å²) in [4.78, 5) is 12.1. The Morgan fingerprint density at radius 3 is 2.82 bits per heavy atom. The SMILES string of the molecule is Cc1cccc(NC(=O)[C@@H]2CC=CCC2)c1C. The number of allylic oxidation sites excluding steroid dienone is 2. The van der Waals surface area contributed by atoms with Gasteiger partial charge in [0, 0.05) is 11.6 Å². The van der Waals surface area contributed by atoms with Crippen LogP contribution in [0.25, 0.3) is 0 Å². The highest BCUT2D eigenvalue weighted by atomic mass is 16.1. The molecule has 1 aliphatic carbocycles. The first-order valence-electron chi connectivity index (χ1n) is 6.20.